The van der Waals surface area contributed by atoms with E-state index in [-0.39, 0.29) is 0 Å². The topological polar surface area (TPSA) is 9.23 Å². The van der Waals surface area contributed by atoms with Crippen LogP contribution in [0.4, 0.5) is 0 Å². The van der Waals surface area contributed by atoms with E-state index in [1.54, 1.807) is 7.11 Å². The molecule has 2 atom stereocenters. The van der Waals surface area contributed by atoms with Gasteiger partial charge in [0.15, 0.2) is 0 Å². The van der Waals surface area contributed by atoms with Gasteiger partial charge in [-0.25, -0.2) is 0 Å². The number of aryl methyl sites for hydroxylation is 1. The normalized spacial score (nSPS) is 14.7. The van der Waals surface area contributed by atoms with E-state index < -0.39 is 0 Å². The Morgan fingerprint density at radius 3 is 2.17 bits per heavy atom. The van der Waals surface area contributed by atoms with Crippen molar-refractivity contribution in [1.29, 1.82) is 0 Å². The maximum absolute atomic E-state index is 5.61. The van der Waals surface area contributed by atoms with Crippen LogP contribution in [0.1, 0.15) is 42.3 Å². The summed E-state index contributed by atoms with van der Waals surface area (Å²) < 4.78 is 6.76. The molecule has 0 amide bonds. The van der Waals surface area contributed by atoms with Gasteiger partial charge >= 0.3 is 0 Å². The molecule has 0 aromatic heterocycles. The van der Waals surface area contributed by atoms with Gasteiger partial charge in [0.1, 0.15) is 5.75 Å². The number of rotatable bonds is 4. The maximum atomic E-state index is 5.61. The zero-order valence-corrected chi connectivity index (χ0v) is 15.1. The summed E-state index contributed by atoms with van der Waals surface area (Å²) in [5.41, 5.74) is 3.70. The monoisotopic (exact) mass is 376 g/mol. The fourth-order valence-corrected chi connectivity index (χ4v) is 3.80. The number of methoxy groups -OCH3 is 1. The molecule has 18 heavy (non-hydrogen) atoms. The lowest BCUT2D eigenvalue weighted by molar-refractivity contribution is 0.382. The SMILES string of the molecule is COc1c(C)cc(Br)c(C)c1C(Br)C(C)C(C)C. The minimum absolute atomic E-state index is 0.309. The van der Waals surface area contributed by atoms with Crippen LogP contribution in [0.5, 0.6) is 5.75 Å². The molecule has 0 saturated heterocycles. The largest absolute Gasteiger partial charge is 0.496 e. The first-order valence-corrected chi connectivity index (χ1v) is 7.99. The van der Waals surface area contributed by atoms with Crippen molar-refractivity contribution < 1.29 is 4.74 Å². The van der Waals surface area contributed by atoms with Gasteiger partial charge in [-0.3, -0.25) is 0 Å². The Labute approximate surface area is 128 Å². The van der Waals surface area contributed by atoms with Crippen molar-refractivity contribution in [2.45, 2.75) is 39.4 Å². The van der Waals surface area contributed by atoms with Gasteiger partial charge in [-0.05, 0) is 42.9 Å². The molecule has 0 aliphatic heterocycles. The highest BCUT2D eigenvalue weighted by atomic mass is 79.9. The van der Waals surface area contributed by atoms with E-state index >= 15 is 0 Å². The lowest BCUT2D eigenvalue weighted by Gasteiger charge is -2.26. The molecule has 0 heterocycles. The number of halogens is 2. The molecule has 1 aromatic rings. The summed E-state index contributed by atoms with van der Waals surface area (Å²) in [6.45, 7) is 11.0. The zero-order chi connectivity index (χ0) is 14.0. The van der Waals surface area contributed by atoms with Crippen molar-refractivity contribution in [2.75, 3.05) is 7.11 Å². The molecule has 1 rings (SSSR count). The van der Waals surface area contributed by atoms with E-state index in [0.29, 0.717) is 16.7 Å². The standard InChI is InChI=1S/C15H22Br2O/c1-8(2)10(4)14(17)13-11(5)12(16)7-9(3)15(13)18-6/h7-8,10,14H,1-6H3. The van der Waals surface area contributed by atoms with E-state index in [1.165, 1.54) is 16.7 Å². The molecule has 0 aliphatic carbocycles. The first kappa shape index (κ1) is 16.0. The molecular weight excluding hydrogens is 356 g/mol. The van der Waals surface area contributed by atoms with E-state index in [9.17, 15) is 0 Å². The van der Waals surface area contributed by atoms with Gasteiger partial charge in [0.25, 0.3) is 0 Å². The number of ether oxygens (including phenoxy) is 1. The highest BCUT2D eigenvalue weighted by Crippen LogP contribution is 2.44. The van der Waals surface area contributed by atoms with Gasteiger partial charge in [-0.2, -0.15) is 0 Å². The summed E-state index contributed by atoms with van der Waals surface area (Å²) in [6, 6.07) is 2.12. The molecular formula is C15H22Br2O. The fraction of sp³-hybridized carbons (Fsp3) is 0.600. The first-order chi connectivity index (χ1) is 8.31. The molecule has 0 fully saturated rings. The molecule has 0 spiro atoms. The lowest BCUT2D eigenvalue weighted by Crippen LogP contribution is -2.13. The van der Waals surface area contributed by atoms with Crippen LogP contribution in [0.25, 0.3) is 0 Å². The quantitative estimate of drug-likeness (QED) is 0.602. The lowest BCUT2D eigenvalue weighted by atomic mass is 9.88. The Morgan fingerprint density at radius 1 is 1.17 bits per heavy atom. The van der Waals surface area contributed by atoms with Crippen molar-refractivity contribution in [3.8, 4) is 5.75 Å². The average Bonchev–Trinajstić information content (AvgIpc) is 2.31. The van der Waals surface area contributed by atoms with Crippen LogP contribution in [0.2, 0.25) is 0 Å². The number of benzene rings is 1. The van der Waals surface area contributed by atoms with Gasteiger partial charge < -0.3 is 4.74 Å². The third-order valence-electron chi connectivity index (χ3n) is 3.70. The molecule has 2 unspecified atom stereocenters. The van der Waals surface area contributed by atoms with Gasteiger partial charge in [0.05, 0.1) is 7.11 Å². The molecule has 3 heteroatoms. The number of hydrogen-bond donors (Lipinski definition) is 0. The average molecular weight is 378 g/mol. The third-order valence-corrected chi connectivity index (χ3v) is 5.82. The Kier molecular flexibility index (Phi) is 5.72. The van der Waals surface area contributed by atoms with Gasteiger partial charge in [-0.15, -0.1) is 0 Å². The molecule has 0 saturated carbocycles. The summed E-state index contributed by atoms with van der Waals surface area (Å²) in [6.07, 6.45) is 0. The number of alkyl halides is 1. The van der Waals surface area contributed by atoms with E-state index in [2.05, 4.69) is 72.5 Å². The summed E-state index contributed by atoms with van der Waals surface area (Å²) in [5.74, 6) is 2.18. The molecule has 1 nitrogen and oxygen atoms in total. The van der Waals surface area contributed by atoms with Crippen LogP contribution >= 0.6 is 31.9 Å². The molecule has 0 bridgehead atoms. The molecule has 0 radical (unpaired) electrons. The minimum atomic E-state index is 0.309. The number of hydrogen-bond acceptors (Lipinski definition) is 1. The molecule has 102 valence electrons. The van der Waals surface area contributed by atoms with Crippen molar-refractivity contribution in [1.82, 2.24) is 0 Å². The smallest absolute Gasteiger partial charge is 0.126 e. The van der Waals surface area contributed by atoms with Crippen LogP contribution in [-0.2, 0) is 0 Å². The summed E-state index contributed by atoms with van der Waals surface area (Å²) in [7, 11) is 1.75. The zero-order valence-electron chi connectivity index (χ0n) is 12.0. The van der Waals surface area contributed by atoms with E-state index in [4.69, 9.17) is 4.74 Å². The van der Waals surface area contributed by atoms with Gasteiger partial charge in [0.2, 0.25) is 0 Å². The van der Waals surface area contributed by atoms with Crippen LogP contribution in [0, 0.1) is 25.7 Å². The van der Waals surface area contributed by atoms with Crippen molar-refractivity contribution in [3.63, 3.8) is 0 Å². The van der Waals surface area contributed by atoms with Gasteiger partial charge in [0, 0.05) is 14.9 Å². The Hall–Kier alpha value is -0.0200. The predicted molar refractivity (Wildman–Crippen MR) is 85.8 cm³/mol. The summed E-state index contributed by atoms with van der Waals surface area (Å²) in [5, 5.41) is 0. The first-order valence-electron chi connectivity index (χ1n) is 6.28. The Bertz CT molecular complexity index is 427. The second kappa shape index (κ2) is 6.42. The van der Waals surface area contributed by atoms with Crippen LogP contribution < -0.4 is 4.74 Å². The van der Waals surface area contributed by atoms with Crippen molar-refractivity contribution >= 4 is 31.9 Å². The van der Waals surface area contributed by atoms with E-state index in [0.717, 1.165) is 10.2 Å². The second-order valence-electron chi connectivity index (χ2n) is 5.25. The second-order valence-corrected chi connectivity index (χ2v) is 7.09. The predicted octanol–water partition coefficient (Wildman–Crippen LogP) is 5.80. The third kappa shape index (κ3) is 3.11. The van der Waals surface area contributed by atoms with Crippen LogP contribution in [-0.4, -0.2) is 7.11 Å². The van der Waals surface area contributed by atoms with Crippen molar-refractivity contribution in [3.05, 3.63) is 27.2 Å². The van der Waals surface area contributed by atoms with Crippen molar-refractivity contribution in [2.24, 2.45) is 11.8 Å². The van der Waals surface area contributed by atoms with Crippen LogP contribution in [0.3, 0.4) is 0 Å². The highest BCUT2D eigenvalue weighted by molar-refractivity contribution is 9.10. The summed E-state index contributed by atoms with van der Waals surface area (Å²) in [4.78, 5) is 0.309. The highest BCUT2D eigenvalue weighted by Gasteiger charge is 2.26. The van der Waals surface area contributed by atoms with Crippen LogP contribution in [0.15, 0.2) is 10.5 Å². The van der Waals surface area contributed by atoms with Gasteiger partial charge in [-0.1, -0.05) is 52.6 Å². The molecule has 0 N–H and O–H groups in total. The fourth-order valence-electron chi connectivity index (χ4n) is 2.08. The molecule has 1 aromatic carbocycles. The van der Waals surface area contributed by atoms with E-state index in [1.807, 2.05) is 0 Å². The minimum Gasteiger partial charge on any atom is -0.496 e. The molecule has 0 aliphatic rings. The maximum Gasteiger partial charge on any atom is 0.126 e. The Balaban J connectivity index is 3.38. The summed E-state index contributed by atoms with van der Waals surface area (Å²) >= 11 is 7.50. The Morgan fingerprint density at radius 2 is 1.72 bits per heavy atom.